The molecule has 1 aromatic carbocycles. The predicted octanol–water partition coefficient (Wildman–Crippen LogP) is 0.275. The van der Waals surface area contributed by atoms with Crippen LogP contribution in [0.15, 0.2) is 52.2 Å². The maximum Gasteiger partial charge on any atom is 0.332 e. The van der Waals surface area contributed by atoms with Gasteiger partial charge < -0.3 is 4.90 Å². The molecule has 2 aromatic heterocycles. The Kier molecular flexibility index (Phi) is 4.19. The van der Waals surface area contributed by atoms with Gasteiger partial charge >= 0.3 is 11.1 Å². The van der Waals surface area contributed by atoms with E-state index < -0.39 is 11.1 Å². The van der Waals surface area contributed by atoms with Gasteiger partial charge in [-0.15, -0.1) is 0 Å². The van der Waals surface area contributed by atoms with Crippen molar-refractivity contribution in [3.63, 3.8) is 0 Å². The van der Waals surface area contributed by atoms with Crippen molar-refractivity contribution in [1.82, 2.24) is 29.0 Å². The Balaban J connectivity index is 1.40. The average molecular weight is 406 g/mol. The molecule has 0 bridgehead atoms. The van der Waals surface area contributed by atoms with Gasteiger partial charge in [0.2, 0.25) is 0 Å². The molecule has 0 saturated carbocycles. The molecule has 30 heavy (non-hydrogen) atoms. The molecule has 5 rings (SSSR count). The smallest absolute Gasteiger partial charge is 0.332 e. The Morgan fingerprint density at radius 2 is 1.90 bits per heavy atom. The number of likely N-dealkylation sites (tertiary alicyclic amines) is 1. The zero-order valence-corrected chi connectivity index (χ0v) is 16.7. The topological polar surface area (TPSA) is 95.0 Å². The van der Waals surface area contributed by atoms with E-state index >= 15 is 0 Å². The third-order valence-corrected chi connectivity index (χ3v) is 6.18. The van der Waals surface area contributed by atoms with Crippen LogP contribution in [0.5, 0.6) is 0 Å². The van der Waals surface area contributed by atoms with E-state index in [-0.39, 0.29) is 17.9 Å². The summed E-state index contributed by atoms with van der Waals surface area (Å²) in [5.74, 6) is 0.553. The first kappa shape index (κ1) is 18.5. The summed E-state index contributed by atoms with van der Waals surface area (Å²) in [6, 6.07) is 11.2. The van der Waals surface area contributed by atoms with E-state index in [2.05, 4.69) is 10.2 Å². The summed E-state index contributed by atoms with van der Waals surface area (Å²) in [7, 11) is 1.75. The van der Waals surface area contributed by atoms with E-state index in [1.54, 1.807) is 24.0 Å². The van der Waals surface area contributed by atoms with Crippen molar-refractivity contribution in [3.05, 3.63) is 80.4 Å². The van der Waals surface area contributed by atoms with E-state index in [0.29, 0.717) is 37.6 Å². The van der Waals surface area contributed by atoms with E-state index in [0.717, 1.165) is 12.0 Å². The highest BCUT2D eigenvalue weighted by Gasteiger charge is 2.46. The van der Waals surface area contributed by atoms with E-state index in [9.17, 15) is 14.4 Å². The lowest BCUT2D eigenvalue weighted by molar-refractivity contribution is 0.0761. The zero-order valence-electron chi connectivity index (χ0n) is 16.7. The van der Waals surface area contributed by atoms with Crippen LogP contribution in [0.25, 0.3) is 0 Å². The molecule has 9 nitrogen and oxygen atoms in total. The zero-order chi connectivity index (χ0) is 20.9. The van der Waals surface area contributed by atoms with Crippen molar-refractivity contribution in [2.75, 3.05) is 13.1 Å². The minimum Gasteiger partial charge on any atom is -0.337 e. The minimum atomic E-state index is -0.611. The molecule has 1 amide bonds. The van der Waals surface area contributed by atoms with Gasteiger partial charge in [0.25, 0.3) is 5.91 Å². The van der Waals surface area contributed by atoms with Gasteiger partial charge in [0.1, 0.15) is 11.5 Å². The van der Waals surface area contributed by atoms with Crippen molar-refractivity contribution < 1.29 is 4.79 Å². The van der Waals surface area contributed by atoms with Crippen LogP contribution in [0.4, 0.5) is 0 Å². The maximum atomic E-state index is 12.8. The molecule has 0 N–H and O–H groups in total. The van der Waals surface area contributed by atoms with Gasteiger partial charge in [0.05, 0.1) is 6.54 Å². The number of rotatable bonds is 3. The van der Waals surface area contributed by atoms with Crippen molar-refractivity contribution >= 4 is 5.91 Å². The Morgan fingerprint density at radius 1 is 1.10 bits per heavy atom. The van der Waals surface area contributed by atoms with Crippen LogP contribution in [-0.4, -0.2) is 48.0 Å². The second kappa shape index (κ2) is 6.79. The van der Waals surface area contributed by atoms with Crippen LogP contribution >= 0.6 is 0 Å². The molecule has 1 fully saturated rings. The fourth-order valence-electron chi connectivity index (χ4n) is 4.59. The first-order chi connectivity index (χ1) is 14.5. The Labute approximate surface area is 172 Å². The third kappa shape index (κ3) is 2.97. The Hall–Kier alpha value is -3.49. The molecule has 1 spiro atoms. The van der Waals surface area contributed by atoms with Gasteiger partial charge in [-0.3, -0.25) is 23.6 Å². The second-order valence-corrected chi connectivity index (χ2v) is 8.25. The summed E-state index contributed by atoms with van der Waals surface area (Å²) in [5.41, 5.74) is 0.0502. The first-order valence-electron chi connectivity index (χ1n) is 9.98. The quantitative estimate of drug-likeness (QED) is 0.582. The van der Waals surface area contributed by atoms with Crippen LogP contribution in [0.3, 0.4) is 0 Å². The number of benzene rings is 1. The summed E-state index contributed by atoms with van der Waals surface area (Å²) < 4.78 is 4.33. The number of amides is 1. The number of hydrogen-bond donors (Lipinski definition) is 0. The molecular formula is C21H22N6O3. The average Bonchev–Trinajstić information content (AvgIpc) is 3.45. The number of aryl methyl sites for hydroxylation is 1. The van der Waals surface area contributed by atoms with Crippen LogP contribution in [0.1, 0.15) is 28.3 Å². The van der Waals surface area contributed by atoms with Gasteiger partial charge in [-0.2, -0.15) is 10.2 Å². The van der Waals surface area contributed by atoms with Crippen molar-refractivity contribution in [2.45, 2.75) is 25.9 Å². The molecule has 154 valence electrons. The lowest BCUT2D eigenvalue weighted by atomic mass is 9.86. The first-order valence-corrected chi connectivity index (χ1v) is 9.98. The van der Waals surface area contributed by atoms with E-state index in [1.165, 1.54) is 9.25 Å². The molecule has 0 aliphatic carbocycles. The molecule has 2 aliphatic heterocycles. The number of aromatic nitrogens is 5. The summed E-state index contributed by atoms with van der Waals surface area (Å²) in [6.07, 6.45) is 2.95. The van der Waals surface area contributed by atoms with Crippen molar-refractivity contribution in [1.29, 1.82) is 0 Å². The number of carbonyl (C=O) groups is 1. The van der Waals surface area contributed by atoms with Crippen LogP contribution < -0.4 is 11.1 Å². The van der Waals surface area contributed by atoms with Crippen LogP contribution in [0, 0.1) is 5.41 Å². The largest absolute Gasteiger partial charge is 0.337 e. The van der Waals surface area contributed by atoms with E-state index in [1.807, 2.05) is 35.2 Å². The second-order valence-electron chi connectivity index (χ2n) is 8.25. The molecule has 3 aromatic rings. The van der Waals surface area contributed by atoms with Gasteiger partial charge in [-0.1, -0.05) is 30.3 Å². The fourth-order valence-corrected chi connectivity index (χ4v) is 4.59. The third-order valence-electron chi connectivity index (χ3n) is 6.18. The van der Waals surface area contributed by atoms with Gasteiger partial charge in [0.15, 0.2) is 0 Å². The maximum absolute atomic E-state index is 12.8. The SMILES string of the molecule is Cn1nccc1C(=O)N1CCC2(Cc3nn(Cc4ccccc4)c(=O)c(=O)n3C2)C1. The molecular weight excluding hydrogens is 384 g/mol. The predicted molar refractivity (Wildman–Crippen MR) is 108 cm³/mol. The lowest BCUT2D eigenvalue weighted by Gasteiger charge is -2.22. The normalized spacial score (nSPS) is 20.1. The number of carbonyl (C=O) groups excluding carboxylic acids is 1. The molecule has 1 atom stereocenters. The minimum absolute atomic E-state index is 0.0632. The van der Waals surface area contributed by atoms with E-state index in [4.69, 9.17) is 0 Å². The monoisotopic (exact) mass is 406 g/mol. The molecule has 9 heteroatoms. The Bertz CT molecular complexity index is 1240. The molecule has 1 saturated heterocycles. The summed E-state index contributed by atoms with van der Waals surface area (Å²) >= 11 is 0. The standard InChI is InChI=1S/C21H22N6O3/c1-24-16(7-9-22-24)18(28)25-10-8-21(13-25)11-17-23-27(12-15-5-3-2-4-6-15)20(30)19(29)26(17)14-21/h2-7,9H,8,10-14H2,1H3. The summed E-state index contributed by atoms with van der Waals surface area (Å²) in [5, 5.41) is 8.58. The number of nitrogens with zero attached hydrogens (tertiary/aromatic N) is 6. The number of hydrogen-bond acceptors (Lipinski definition) is 5. The Morgan fingerprint density at radius 3 is 2.63 bits per heavy atom. The highest BCUT2D eigenvalue weighted by Crippen LogP contribution is 2.39. The van der Waals surface area contributed by atoms with Crippen molar-refractivity contribution in [2.24, 2.45) is 12.5 Å². The van der Waals surface area contributed by atoms with Gasteiger partial charge in [0, 0.05) is 44.7 Å². The molecule has 4 heterocycles. The van der Waals surface area contributed by atoms with Crippen molar-refractivity contribution in [3.8, 4) is 0 Å². The lowest BCUT2D eigenvalue weighted by Crippen LogP contribution is -2.43. The summed E-state index contributed by atoms with van der Waals surface area (Å²) in [6.45, 7) is 1.83. The fraction of sp³-hybridized carbons (Fsp3) is 0.381. The summed E-state index contributed by atoms with van der Waals surface area (Å²) in [4.78, 5) is 40.0. The molecule has 2 aliphatic rings. The highest BCUT2D eigenvalue weighted by atomic mass is 16.2. The van der Waals surface area contributed by atoms with Crippen LogP contribution in [0.2, 0.25) is 0 Å². The van der Waals surface area contributed by atoms with Gasteiger partial charge in [-0.25, -0.2) is 4.68 Å². The van der Waals surface area contributed by atoms with Gasteiger partial charge in [-0.05, 0) is 18.1 Å². The number of fused-ring (bicyclic) bond motifs is 1. The molecule has 0 radical (unpaired) electrons. The van der Waals surface area contributed by atoms with Crippen LogP contribution in [-0.2, 0) is 26.6 Å². The molecule has 1 unspecified atom stereocenters. The highest BCUT2D eigenvalue weighted by molar-refractivity contribution is 5.92.